The highest BCUT2D eigenvalue weighted by Crippen LogP contribution is 2.13. The second-order valence-electron chi connectivity index (χ2n) is 7.30. The van der Waals surface area contributed by atoms with E-state index in [1.807, 2.05) is 44.2 Å². The average Bonchev–Trinajstić information content (AvgIpc) is 2.78. The molecule has 3 aromatic rings. The number of hydrazone groups is 1. The maximum atomic E-state index is 12.0. The fourth-order valence-corrected chi connectivity index (χ4v) is 2.85. The first kappa shape index (κ1) is 23.2. The van der Waals surface area contributed by atoms with Gasteiger partial charge in [-0.25, -0.2) is 5.43 Å². The molecule has 0 saturated heterocycles. The van der Waals surface area contributed by atoms with Crippen molar-refractivity contribution in [2.24, 2.45) is 5.10 Å². The van der Waals surface area contributed by atoms with Crippen molar-refractivity contribution in [1.29, 1.82) is 0 Å². The third kappa shape index (κ3) is 7.62. The van der Waals surface area contributed by atoms with Crippen molar-refractivity contribution < 1.29 is 19.1 Å². The summed E-state index contributed by atoms with van der Waals surface area (Å²) >= 11 is 0. The minimum Gasteiger partial charge on any atom is -0.484 e. The van der Waals surface area contributed by atoms with Gasteiger partial charge in [0.15, 0.2) is 6.61 Å². The summed E-state index contributed by atoms with van der Waals surface area (Å²) in [6.07, 6.45) is 1.39. The largest absolute Gasteiger partial charge is 0.484 e. The molecule has 0 aromatic heterocycles. The van der Waals surface area contributed by atoms with E-state index in [-0.39, 0.29) is 12.5 Å². The molecule has 0 bridgehead atoms. The third-order valence-corrected chi connectivity index (χ3v) is 4.41. The van der Waals surface area contributed by atoms with Crippen LogP contribution in [0.4, 0.5) is 11.4 Å². The van der Waals surface area contributed by atoms with Gasteiger partial charge in [-0.15, -0.1) is 0 Å². The van der Waals surface area contributed by atoms with E-state index in [0.29, 0.717) is 22.7 Å². The van der Waals surface area contributed by atoms with Gasteiger partial charge in [0.25, 0.3) is 5.91 Å². The maximum absolute atomic E-state index is 12.0. The Labute approximate surface area is 191 Å². The molecule has 0 saturated carbocycles. The molecule has 0 radical (unpaired) electrons. The van der Waals surface area contributed by atoms with E-state index >= 15 is 0 Å². The van der Waals surface area contributed by atoms with Gasteiger partial charge in [-0.1, -0.05) is 24.3 Å². The number of amides is 3. The lowest BCUT2D eigenvalue weighted by atomic mass is 10.2. The van der Waals surface area contributed by atoms with Crippen molar-refractivity contribution in [2.45, 2.75) is 13.8 Å². The lowest BCUT2D eigenvalue weighted by Gasteiger charge is -2.08. The highest BCUT2D eigenvalue weighted by Gasteiger charge is 2.12. The van der Waals surface area contributed by atoms with Crippen LogP contribution in [0.25, 0.3) is 0 Å². The van der Waals surface area contributed by atoms with E-state index in [4.69, 9.17) is 4.74 Å². The summed E-state index contributed by atoms with van der Waals surface area (Å²) in [5.74, 6) is -1.45. The Hall–Kier alpha value is -4.46. The van der Waals surface area contributed by atoms with Crippen LogP contribution >= 0.6 is 0 Å². The van der Waals surface area contributed by atoms with E-state index in [1.54, 1.807) is 42.5 Å². The van der Waals surface area contributed by atoms with Gasteiger partial charge in [0, 0.05) is 11.4 Å². The molecule has 0 aliphatic rings. The topological polar surface area (TPSA) is 109 Å². The van der Waals surface area contributed by atoms with Crippen LogP contribution in [0.5, 0.6) is 5.75 Å². The van der Waals surface area contributed by atoms with Crippen LogP contribution in [-0.4, -0.2) is 30.5 Å². The Morgan fingerprint density at radius 2 is 1.42 bits per heavy atom. The quantitative estimate of drug-likeness (QED) is 0.295. The Morgan fingerprint density at radius 1 is 0.818 bits per heavy atom. The highest BCUT2D eigenvalue weighted by molar-refractivity contribution is 6.39. The number of carbonyl (C=O) groups is 3. The zero-order chi connectivity index (χ0) is 23.6. The third-order valence-electron chi connectivity index (χ3n) is 4.41. The normalized spacial score (nSPS) is 10.5. The molecule has 8 heteroatoms. The number of aryl methyl sites for hydroxylation is 2. The van der Waals surface area contributed by atoms with Crippen LogP contribution in [0.3, 0.4) is 0 Å². The highest BCUT2D eigenvalue weighted by atomic mass is 16.5. The van der Waals surface area contributed by atoms with Crippen molar-refractivity contribution in [2.75, 3.05) is 17.2 Å². The van der Waals surface area contributed by atoms with E-state index in [1.165, 1.54) is 6.21 Å². The van der Waals surface area contributed by atoms with Crippen molar-refractivity contribution in [3.63, 3.8) is 0 Å². The summed E-state index contributed by atoms with van der Waals surface area (Å²) in [5, 5.41) is 9.07. The molecule has 0 spiro atoms. The van der Waals surface area contributed by atoms with Gasteiger partial charge >= 0.3 is 11.8 Å². The van der Waals surface area contributed by atoms with Crippen LogP contribution in [0, 0.1) is 13.8 Å². The number of anilines is 2. The zero-order valence-electron chi connectivity index (χ0n) is 18.3. The summed E-state index contributed by atoms with van der Waals surface area (Å²) in [6, 6.07) is 21.4. The molecular formula is C25H24N4O4. The smallest absolute Gasteiger partial charge is 0.329 e. The monoisotopic (exact) mass is 444 g/mol. The molecule has 3 amide bonds. The van der Waals surface area contributed by atoms with Gasteiger partial charge in [0.05, 0.1) is 6.21 Å². The maximum Gasteiger partial charge on any atom is 0.329 e. The molecule has 33 heavy (non-hydrogen) atoms. The Bertz CT molecular complexity index is 1170. The first-order chi connectivity index (χ1) is 15.9. The van der Waals surface area contributed by atoms with E-state index in [9.17, 15) is 14.4 Å². The second-order valence-corrected chi connectivity index (χ2v) is 7.30. The van der Waals surface area contributed by atoms with Crippen molar-refractivity contribution >= 4 is 35.3 Å². The minimum atomic E-state index is -0.882. The summed E-state index contributed by atoms with van der Waals surface area (Å²) in [6.45, 7) is 3.70. The predicted octanol–water partition coefficient (Wildman–Crippen LogP) is 3.41. The molecular weight excluding hydrogens is 420 g/mol. The predicted molar refractivity (Wildman–Crippen MR) is 127 cm³/mol. The SMILES string of the molecule is Cc1cccc(NC(=O)COc2ccc(/C=N\NC(=O)C(=O)Nc3cccc(C)c3)cc2)c1. The van der Waals surface area contributed by atoms with Gasteiger partial charge in [-0.2, -0.15) is 5.10 Å². The summed E-state index contributed by atoms with van der Waals surface area (Å²) < 4.78 is 5.49. The number of ether oxygens (including phenoxy) is 1. The van der Waals surface area contributed by atoms with Crippen molar-refractivity contribution in [3.05, 3.63) is 89.5 Å². The van der Waals surface area contributed by atoms with Gasteiger partial charge in [0.1, 0.15) is 5.75 Å². The molecule has 0 aliphatic heterocycles. The average molecular weight is 444 g/mol. The zero-order valence-corrected chi connectivity index (χ0v) is 18.3. The summed E-state index contributed by atoms with van der Waals surface area (Å²) in [4.78, 5) is 35.8. The van der Waals surface area contributed by atoms with Gasteiger partial charge < -0.3 is 15.4 Å². The molecule has 8 nitrogen and oxygen atoms in total. The second kappa shape index (κ2) is 11.2. The number of nitrogens with zero attached hydrogens (tertiary/aromatic N) is 1. The van der Waals surface area contributed by atoms with Gasteiger partial charge in [-0.05, 0) is 79.1 Å². The molecule has 3 N–H and O–H groups in total. The van der Waals surface area contributed by atoms with Crippen molar-refractivity contribution in [1.82, 2.24) is 5.43 Å². The molecule has 3 aromatic carbocycles. The number of benzene rings is 3. The number of hydrogen-bond donors (Lipinski definition) is 3. The molecule has 0 atom stereocenters. The number of hydrogen-bond acceptors (Lipinski definition) is 5. The molecule has 168 valence electrons. The fourth-order valence-electron chi connectivity index (χ4n) is 2.85. The Balaban J connectivity index is 1.43. The number of carbonyl (C=O) groups excluding carboxylic acids is 3. The van der Waals surface area contributed by atoms with Gasteiger partial charge in [0.2, 0.25) is 0 Å². The Kier molecular flexibility index (Phi) is 7.91. The number of nitrogens with one attached hydrogen (secondary N) is 3. The summed E-state index contributed by atoms with van der Waals surface area (Å²) in [7, 11) is 0. The molecule has 0 aliphatic carbocycles. The van der Waals surface area contributed by atoms with Crippen molar-refractivity contribution in [3.8, 4) is 5.75 Å². The fraction of sp³-hybridized carbons (Fsp3) is 0.120. The lowest BCUT2D eigenvalue weighted by molar-refractivity contribution is -0.136. The van der Waals surface area contributed by atoms with E-state index < -0.39 is 11.8 Å². The molecule has 3 rings (SSSR count). The molecule has 0 heterocycles. The Morgan fingerprint density at radius 3 is 2.03 bits per heavy atom. The van der Waals surface area contributed by atoms with Gasteiger partial charge in [-0.3, -0.25) is 14.4 Å². The first-order valence-corrected chi connectivity index (χ1v) is 10.2. The minimum absolute atomic E-state index is 0.131. The molecule has 0 fully saturated rings. The molecule has 0 unspecified atom stereocenters. The first-order valence-electron chi connectivity index (χ1n) is 10.2. The van der Waals surface area contributed by atoms with Crippen LogP contribution in [0.15, 0.2) is 77.9 Å². The van der Waals surface area contributed by atoms with Crippen LogP contribution in [-0.2, 0) is 14.4 Å². The van der Waals surface area contributed by atoms with Crippen LogP contribution in [0.2, 0.25) is 0 Å². The lowest BCUT2D eigenvalue weighted by Crippen LogP contribution is -2.32. The van der Waals surface area contributed by atoms with E-state index in [0.717, 1.165) is 11.1 Å². The van der Waals surface area contributed by atoms with Crippen LogP contribution in [0.1, 0.15) is 16.7 Å². The summed E-state index contributed by atoms with van der Waals surface area (Å²) in [5.41, 5.74) is 6.11. The van der Waals surface area contributed by atoms with E-state index in [2.05, 4.69) is 21.2 Å². The standard InChI is InChI=1S/C25H24N4O4/c1-17-5-3-7-20(13-17)27-23(30)16-33-22-11-9-19(10-12-22)15-26-29-25(32)24(31)28-21-8-4-6-18(2)14-21/h3-15H,16H2,1-2H3,(H,27,30)(H,28,31)(H,29,32)/b26-15-. The van der Waals surface area contributed by atoms with Crippen LogP contribution < -0.4 is 20.8 Å². The number of rotatable bonds is 7.